The molecular weight excluding hydrogens is 472 g/mol. The van der Waals surface area contributed by atoms with Crippen molar-refractivity contribution in [1.82, 2.24) is 4.98 Å². The van der Waals surface area contributed by atoms with E-state index < -0.39 is 0 Å². The molecule has 0 spiro atoms. The van der Waals surface area contributed by atoms with E-state index in [0.717, 1.165) is 41.3 Å². The Kier molecular flexibility index (Phi) is 5.94. The van der Waals surface area contributed by atoms with E-state index in [0.29, 0.717) is 22.7 Å². The number of hydrogen-bond donors (Lipinski definition) is 1. The Hall–Kier alpha value is -4.12. The molecule has 0 aliphatic heterocycles. The smallest absolute Gasteiger partial charge is 0.229 e. The average molecular weight is 503 g/mol. The number of hydrogen-bond acceptors (Lipinski definition) is 4. The summed E-state index contributed by atoms with van der Waals surface area (Å²) in [6.45, 7) is 3.14. The Labute approximate surface area is 222 Å². The number of ketones is 2. The van der Waals surface area contributed by atoms with Crippen molar-refractivity contribution in [1.29, 1.82) is 0 Å². The van der Waals surface area contributed by atoms with Gasteiger partial charge in [-0.05, 0) is 68.2 Å². The van der Waals surface area contributed by atoms with Crippen LogP contribution in [0.3, 0.4) is 0 Å². The molecule has 1 N–H and O–H groups in total. The molecule has 6 rings (SSSR count). The summed E-state index contributed by atoms with van der Waals surface area (Å²) < 4.78 is 0. The molecule has 190 valence electrons. The molecule has 2 bridgehead atoms. The van der Waals surface area contributed by atoms with Crippen LogP contribution in [0.5, 0.6) is 0 Å². The summed E-state index contributed by atoms with van der Waals surface area (Å²) >= 11 is 0. The van der Waals surface area contributed by atoms with Gasteiger partial charge in [0.05, 0.1) is 17.1 Å². The second-order valence-electron chi connectivity index (χ2n) is 10.8. The molecule has 1 amide bonds. The molecule has 2 fully saturated rings. The molecular formula is C33H30N2O3. The first-order valence-corrected chi connectivity index (χ1v) is 13.2. The number of nitrogens with zero attached hydrogens (tertiary/aromatic N) is 1. The third kappa shape index (κ3) is 3.94. The molecule has 4 unspecified atom stereocenters. The molecule has 38 heavy (non-hydrogen) atoms. The Balaban J connectivity index is 1.44. The van der Waals surface area contributed by atoms with E-state index in [4.69, 9.17) is 0 Å². The lowest BCUT2D eigenvalue weighted by Gasteiger charge is -2.39. The summed E-state index contributed by atoms with van der Waals surface area (Å²) in [7, 11) is 0. The SMILES string of the molecule is CC(=O)c1ccc(C2C3CCC(c4ccc(C(C)=O)cc4)(C3)C2C(=O)Nc2cccc3cccnc23)cc1. The van der Waals surface area contributed by atoms with Crippen molar-refractivity contribution in [2.24, 2.45) is 11.8 Å². The minimum atomic E-state index is -0.327. The van der Waals surface area contributed by atoms with Crippen molar-refractivity contribution < 1.29 is 14.4 Å². The van der Waals surface area contributed by atoms with Crippen LogP contribution < -0.4 is 5.32 Å². The lowest BCUT2D eigenvalue weighted by atomic mass is 9.64. The van der Waals surface area contributed by atoms with Crippen molar-refractivity contribution in [3.8, 4) is 0 Å². The fourth-order valence-electron chi connectivity index (χ4n) is 7.03. The number of nitrogens with one attached hydrogen (secondary N) is 1. The van der Waals surface area contributed by atoms with E-state index in [1.165, 1.54) is 0 Å². The summed E-state index contributed by atoms with van der Waals surface area (Å²) in [5, 5.41) is 4.23. The maximum absolute atomic E-state index is 14.3. The molecule has 5 nitrogen and oxygen atoms in total. The van der Waals surface area contributed by atoms with Crippen molar-refractivity contribution in [2.75, 3.05) is 5.32 Å². The van der Waals surface area contributed by atoms with Crippen LogP contribution >= 0.6 is 0 Å². The molecule has 1 heterocycles. The number of carbonyl (C=O) groups is 3. The second kappa shape index (κ2) is 9.32. The summed E-state index contributed by atoms with van der Waals surface area (Å²) in [6.07, 6.45) is 4.61. The zero-order chi connectivity index (χ0) is 26.4. The highest BCUT2D eigenvalue weighted by Crippen LogP contribution is 2.64. The predicted molar refractivity (Wildman–Crippen MR) is 149 cm³/mol. The molecule has 2 saturated carbocycles. The van der Waals surface area contributed by atoms with E-state index in [2.05, 4.69) is 10.3 Å². The number of rotatable bonds is 6. The van der Waals surface area contributed by atoms with Gasteiger partial charge in [-0.1, -0.05) is 66.7 Å². The van der Waals surface area contributed by atoms with Crippen molar-refractivity contribution >= 4 is 34.1 Å². The quantitative estimate of drug-likeness (QED) is 0.297. The van der Waals surface area contributed by atoms with Crippen LogP contribution in [0.15, 0.2) is 85.1 Å². The molecule has 2 aliphatic carbocycles. The van der Waals surface area contributed by atoms with Crippen LogP contribution in [-0.4, -0.2) is 22.5 Å². The highest BCUT2D eigenvalue weighted by molar-refractivity contribution is 6.02. The monoisotopic (exact) mass is 502 g/mol. The number of carbonyl (C=O) groups excluding carboxylic acids is 3. The second-order valence-corrected chi connectivity index (χ2v) is 10.8. The summed E-state index contributed by atoms with van der Waals surface area (Å²) in [4.78, 5) is 42.7. The Bertz CT molecular complexity index is 1550. The van der Waals surface area contributed by atoms with Gasteiger partial charge < -0.3 is 5.32 Å². The molecule has 0 saturated heterocycles. The maximum atomic E-state index is 14.3. The maximum Gasteiger partial charge on any atom is 0.229 e. The number of pyridine rings is 1. The number of Topliss-reactive ketones (excluding diaryl/α,β-unsaturated/α-hetero) is 2. The van der Waals surface area contributed by atoms with Gasteiger partial charge in [-0.2, -0.15) is 0 Å². The minimum absolute atomic E-state index is 0.0124. The fourth-order valence-corrected chi connectivity index (χ4v) is 7.03. The van der Waals surface area contributed by atoms with Gasteiger partial charge in [-0.25, -0.2) is 0 Å². The van der Waals surface area contributed by atoms with Crippen LogP contribution in [0.25, 0.3) is 10.9 Å². The average Bonchev–Trinajstić information content (AvgIpc) is 3.52. The van der Waals surface area contributed by atoms with Gasteiger partial charge in [0.15, 0.2) is 11.6 Å². The van der Waals surface area contributed by atoms with E-state index in [9.17, 15) is 14.4 Å². The molecule has 3 aromatic carbocycles. The zero-order valence-electron chi connectivity index (χ0n) is 21.6. The topological polar surface area (TPSA) is 76.1 Å². The van der Waals surface area contributed by atoms with Gasteiger partial charge >= 0.3 is 0 Å². The van der Waals surface area contributed by atoms with E-state index in [1.54, 1.807) is 20.0 Å². The molecule has 5 heteroatoms. The summed E-state index contributed by atoms with van der Waals surface area (Å²) in [5.41, 5.74) is 4.72. The highest BCUT2D eigenvalue weighted by atomic mass is 16.2. The van der Waals surface area contributed by atoms with Gasteiger partial charge in [0.25, 0.3) is 0 Å². The molecule has 4 atom stereocenters. The van der Waals surface area contributed by atoms with E-state index in [-0.39, 0.29) is 34.7 Å². The van der Waals surface area contributed by atoms with Gasteiger partial charge in [-0.3, -0.25) is 19.4 Å². The van der Waals surface area contributed by atoms with Crippen LogP contribution in [0.2, 0.25) is 0 Å². The third-order valence-electron chi connectivity index (χ3n) is 8.79. The number of aromatic nitrogens is 1. The fraction of sp³-hybridized carbons (Fsp3) is 0.273. The van der Waals surface area contributed by atoms with Crippen molar-refractivity contribution in [3.63, 3.8) is 0 Å². The van der Waals surface area contributed by atoms with Gasteiger partial charge in [-0.15, -0.1) is 0 Å². The van der Waals surface area contributed by atoms with Crippen molar-refractivity contribution in [3.05, 3.63) is 107 Å². The first kappa shape index (κ1) is 24.2. The minimum Gasteiger partial charge on any atom is -0.324 e. The Morgan fingerprint density at radius 2 is 1.50 bits per heavy atom. The lowest BCUT2D eigenvalue weighted by molar-refractivity contribution is -0.122. The van der Waals surface area contributed by atoms with Crippen LogP contribution in [0.4, 0.5) is 5.69 Å². The molecule has 4 aromatic rings. The first-order valence-electron chi connectivity index (χ1n) is 13.2. The van der Waals surface area contributed by atoms with Crippen molar-refractivity contribution in [2.45, 2.75) is 44.4 Å². The normalized spacial score (nSPS) is 23.9. The summed E-state index contributed by atoms with van der Waals surface area (Å²) in [6, 6.07) is 25.4. The van der Waals surface area contributed by atoms with Crippen LogP contribution in [0.1, 0.15) is 70.9 Å². The predicted octanol–water partition coefficient (Wildman–Crippen LogP) is 6.73. The van der Waals surface area contributed by atoms with Crippen LogP contribution in [0, 0.1) is 11.8 Å². The first-order chi connectivity index (χ1) is 18.4. The number of benzene rings is 3. The number of amides is 1. The molecule has 0 radical (unpaired) electrons. The molecule has 2 aliphatic rings. The Morgan fingerprint density at radius 3 is 2.18 bits per heavy atom. The molecule has 1 aromatic heterocycles. The standard InChI is InChI=1S/C33H30N2O3/c1-20(36)22-8-10-24(11-9-22)29-26-16-17-33(19-26,27-14-12-23(13-15-27)21(2)37)30(29)32(38)35-28-7-3-5-25-6-4-18-34-31(25)28/h3-15,18,26,29-30H,16-17,19H2,1-2H3,(H,35,38). The summed E-state index contributed by atoms with van der Waals surface area (Å²) in [5.74, 6) is 0.135. The number of fused-ring (bicyclic) bond motifs is 3. The highest BCUT2D eigenvalue weighted by Gasteiger charge is 2.61. The van der Waals surface area contributed by atoms with Crippen LogP contribution in [-0.2, 0) is 10.2 Å². The Morgan fingerprint density at radius 1 is 0.842 bits per heavy atom. The van der Waals surface area contributed by atoms with E-state index >= 15 is 0 Å². The van der Waals surface area contributed by atoms with Gasteiger partial charge in [0.1, 0.15) is 0 Å². The third-order valence-corrected chi connectivity index (χ3v) is 8.79. The van der Waals surface area contributed by atoms with E-state index in [1.807, 2.05) is 78.9 Å². The number of anilines is 1. The van der Waals surface area contributed by atoms with Gasteiger partial charge in [0.2, 0.25) is 5.91 Å². The number of para-hydroxylation sites is 1. The van der Waals surface area contributed by atoms with Gasteiger partial charge in [0, 0.05) is 28.1 Å². The zero-order valence-corrected chi connectivity index (χ0v) is 21.6. The largest absolute Gasteiger partial charge is 0.324 e. The lowest BCUT2D eigenvalue weighted by Crippen LogP contribution is -2.42.